The van der Waals surface area contributed by atoms with Crippen molar-refractivity contribution in [3.8, 4) is 6.07 Å². The maximum Gasteiger partial charge on any atom is 0.289 e. The smallest absolute Gasteiger partial charge is 0.258 e. The van der Waals surface area contributed by atoms with E-state index >= 15 is 0 Å². The first-order chi connectivity index (χ1) is 7.88. The molecule has 0 bridgehead atoms. The predicted octanol–water partition coefficient (Wildman–Crippen LogP) is 0.785. The molecule has 0 radical (unpaired) electrons. The van der Waals surface area contributed by atoms with Crippen LogP contribution in [0, 0.1) is 21.4 Å². The number of sulfonamides is 1. The quantitative estimate of drug-likeness (QED) is 0.631. The maximum absolute atomic E-state index is 11.8. The van der Waals surface area contributed by atoms with Crippen LogP contribution in [0.15, 0.2) is 29.2 Å². The van der Waals surface area contributed by atoms with Gasteiger partial charge in [-0.25, -0.2) is 8.42 Å². The average molecular weight is 255 g/mol. The number of nitro benzene ring substituents is 1. The molecule has 1 rings (SSSR count). The molecule has 0 aliphatic rings. The molecule has 1 N–H and O–H groups in total. The molecule has 0 fully saturated rings. The highest BCUT2D eigenvalue weighted by Crippen LogP contribution is 2.22. The molecule has 1 aromatic rings. The van der Waals surface area contributed by atoms with E-state index in [1.54, 1.807) is 6.07 Å². The molecule has 0 aliphatic heterocycles. The molecule has 17 heavy (non-hydrogen) atoms. The summed E-state index contributed by atoms with van der Waals surface area (Å²) in [5.41, 5.74) is -0.523. The number of nitrogens with zero attached hydrogens (tertiary/aromatic N) is 2. The lowest BCUT2D eigenvalue weighted by molar-refractivity contribution is -0.387. The number of nitrogens with one attached hydrogen (secondary N) is 1. The third kappa shape index (κ3) is 2.99. The molecule has 8 heteroatoms. The fourth-order valence-electron chi connectivity index (χ4n) is 1.16. The molecule has 0 saturated heterocycles. The highest BCUT2D eigenvalue weighted by molar-refractivity contribution is 7.89. The van der Waals surface area contributed by atoms with E-state index in [2.05, 4.69) is 0 Å². The van der Waals surface area contributed by atoms with Crippen LogP contribution in [0.1, 0.15) is 6.92 Å². The fourth-order valence-corrected chi connectivity index (χ4v) is 2.48. The molecule has 0 aliphatic carbocycles. The van der Waals surface area contributed by atoms with Crippen molar-refractivity contribution in [2.24, 2.45) is 0 Å². The summed E-state index contributed by atoms with van der Waals surface area (Å²) in [5.74, 6) is 0. The second kappa shape index (κ2) is 4.90. The van der Waals surface area contributed by atoms with Crippen molar-refractivity contribution in [2.75, 3.05) is 0 Å². The zero-order valence-electron chi connectivity index (χ0n) is 8.82. The third-order valence-electron chi connectivity index (χ3n) is 1.88. The topological polar surface area (TPSA) is 113 Å². The standard InChI is InChI=1S/C9H9N3O4S/c1-7(6-10)11-17(15,16)9-5-3-2-4-8(9)12(13)14/h2-5,7,11H,1H3. The van der Waals surface area contributed by atoms with E-state index < -0.39 is 31.6 Å². The van der Waals surface area contributed by atoms with Gasteiger partial charge < -0.3 is 0 Å². The van der Waals surface area contributed by atoms with Crippen molar-refractivity contribution in [1.82, 2.24) is 4.72 Å². The second-order valence-electron chi connectivity index (χ2n) is 3.20. The first-order valence-electron chi connectivity index (χ1n) is 4.54. The zero-order chi connectivity index (χ0) is 13.1. The first-order valence-corrected chi connectivity index (χ1v) is 6.02. The summed E-state index contributed by atoms with van der Waals surface area (Å²) in [6, 6.07) is 5.66. The molecule has 1 aromatic carbocycles. The second-order valence-corrected chi connectivity index (χ2v) is 4.88. The number of para-hydroxylation sites is 1. The Balaban J connectivity index is 3.25. The van der Waals surface area contributed by atoms with E-state index in [9.17, 15) is 18.5 Å². The number of nitriles is 1. The number of nitro groups is 1. The number of rotatable bonds is 4. The lowest BCUT2D eigenvalue weighted by atomic mass is 10.3. The van der Waals surface area contributed by atoms with Crippen LogP contribution >= 0.6 is 0 Å². The van der Waals surface area contributed by atoms with Gasteiger partial charge in [-0.05, 0) is 13.0 Å². The van der Waals surface area contributed by atoms with E-state index in [1.807, 2.05) is 4.72 Å². The van der Waals surface area contributed by atoms with Gasteiger partial charge in [0, 0.05) is 6.07 Å². The van der Waals surface area contributed by atoms with Crippen molar-refractivity contribution >= 4 is 15.7 Å². The monoisotopic (exact) mass is 255 g/mol. The Kier molecular flexibility index (Phi) is 3.77. The molecular weight excluding hydrogens is 246 g/mol. The first kappa shape index (κ1) is 13.1. The summed E-state index contributed by atoms with van der Waals surface area (Å²) >= 11 is 0. The van der Waals surface area contributed by atoms with Gasteiger partial charge in [0.1, 0.15) is 6.04 Å². The minimum Gasteiger partial charge on any atom is -0.258 e. The molecule has 7 nitrogen and oxygen atoms in total. The van der Waals surface area contributed by atoms with Crippen molar-refractivity contribution in [3.05, 3.63) is 34.4 Å². The molecule has 0 aromatic heterocycles. The zero-order valence-corrected chi connectivity index (χ0v) is 9.64. The Hall–Kier alpha value is -1.98. The minimum absolute atomic E-state index is 0.452. The maximum atomic E-state index is 11.8. The van der Waals surface area contributed by atoms with Crippen molar-refractivity contribution in [1.29, 1.82) is 5.26 Å². The van der Waals surface area contributed by atoms with Crippen LogP contribution in [0.5, 0.6) is 0 Å². The molecule has 1 atom stereocenters. The molecular formula is C9H9N3O4S. The van der Waals surface area contributed by atoms with E-state index in [0.717, 1.165) is 12.1 Å². The van der Waals surface area contributed by atoms with E-state index in [4.69, 9.17) is 5.26 Å². The Morgan fingerprint density at radius 2 is 2.06 bits per heavy atom. The SMILES string of the molecule is CC(C#N)NS(=O)(=O)c1ccccc1[N+](=O)[O-]. The molecule has 0 heterocycles. The summed E-state index contributed by atoms with van der Waals surface area (Å²) in [6.07, 6.45) is 0. The van der Waals surface area contributed by atoms with Gasteiger partial charge in [-0.3, -0.25) is 10.1 Å². The predicted molar refractivity (Wildman–Crippen MR) is 58.5 cm³/mol. The van der Waals surface area contributed by atoms with Crippen molar-refractivity contribution in [2.45, 2.75) is 17.9 Å². The van der Waals surface area contributed by atoms with Gasteiger partial charge in [-0.1, -0.05) is 12.1 Å². The van der Waals surface area contributed by atoms with Crippen LogP contribution in [-0.2, 0) is 10.0 Å². The summed E-state index contributed by atoms with van der Waals surface area (Å²) in [4.78, 5) is 9.43. The van der Waals surface area contributed by atoms with Crippen LogP contribution < -0.4 is 4.72 Å². The summed E-state index contributed by atoms with van der Waals surface area (Å²) in [6.45, 7) is 1.34. The van der Waals surface area contributed by atoms with E-state index in [1.165, 1.54) is 19.1 Å². The molecule has 90 valence electrons. The molecule has 1 unspecified atom stereocenters. The van der Waals surface area contributed by atoms with Gasteiger partial charge in [-0.2, -0.15) is 9.98 Å². The lowest BCUT2D eigenvalue weighted by Crippen LogP contribution is -2.31. The summed E-state index contributed by atoms with van der Waals surface area (Å²) in [7, 11) is -4.06. The normalized spacial score (nSPS) is 12.7. The van der Waals surface area contributed by atoms with Gasteiger partial charge in [-0.15, -0.1) is 0 Å². The average Bonchev–Trinajstić information content (AvgIpc) is 2.28. The molecule has 0 saturated carbocycles. The van der Waals surface area contributed by atoms with E-state index in [0.29, 0.717) is 0 Å². The van der Waals surface area contributed by atoms with Crippen LogP contribution in [0.2, 0.25) is 0 Å². The largest absolute Gasteiger partial charge is 0.289 e. The van der Waals surface area contributed by atoms with Gasteiger partial charge >= 0.3 is 0 Å². The summed E-state index contributed by atoms with van der Waals surface area (Å²) in [5, 5.41) is 19.2. The Labute approximate surface area is 97.9 Å². The van der Waals surface area contributed by atoms with Crippen LogP contribution in [-0.4, -0.2) is 19.4 Å². The number of hydrogen-bond donors (Lipinski definition) is 1. The molecule has 0 spiro atoms. The Bertz CT molecular complexity index is 576. The number of hydrogen-bond acceptors (Lipinski definition) is 5. The van der Waals surface area contributed by atoms with Gasteiger partial charge in [0.2, 0.25) is 10.0 Å². The highest BCUT2D eigenvalue weighted by atomic mass is 32.2. The molecule has 0 amide bonds. The lowest BCUT2D eigenvalue weighted by Gasteiger charge is -2.07. The Morgan fingerprint density at radius 3 is 2.59 bits per heavy atom. The Morgan fingerprint density at radius 1 is 1.47 bits per heavy atom. The van der Waals surface area contributed by atoms with Crippen LogP contribution in [0.4, 0.5) is 5.69 Å². The van der Waals surface area contributed by atoms with E-state index in [-0.39, 0.29) is 0 Å². The highest BCUT2D eigenvalue weighted by Gasteiger charge is 2.26. The van der Waals surface area contributed by atoms with Gasteiger partial charge in [0.25, 0.3) is 5.69 Å². The van der Waals surface area contributed by atoms with Gasteiger partial charge in [0.05, 0.1) is 11.0 Å². The number of benzene rings is 1. The van der Waals surface area contributed by atoms with Crippen LogP contribution in [0.3, 0.4) is 0 Å². The minimum atomic E-state index is -4.06. The van der Waals surface area contributed by atoms with Crippen molar-refractivity contribution < 1.29 is 13.3 Å². The third-order valence-corrected chi connectivity index (χ3v) is 3.47. The fraction of sp³-hybridized carbons (Fsp3) is 0.222. The van der Waals surface area contributed by atoms with Gasteiger partial charge in [0.15, 0.2) is 4.90 Å². The van der Waals surface area contributed by atoms with Crippen LogP contribution in [0.25, 0.3) is 0 Å². The van der Waals surface area contributed by atoms with Crippen molar-refractivity contribution in [3.63, 3.8) is 0 Å². The summed E-state index contributed by atoms with van der Waals surface area (Å²) < 4.78 is 25.5.